The van der Waals surface area contributed by atoms with Gasteiger partial charge < -0.3 is 9.84 Å². The molecule has 3 heteroatoms. The normalized spacial score (nSPS) is 26.8. The van der Waals surface area contributed by atoms with Gasteiger partial charge in [0.2, 0.25) is 0 Å². The molecule has 1 atom stereocenters. The Morgan fingerprint density at radius 2 is 2.29 bits per heavy atom. The quantitative estimate of drug-likeness (QED) is 0.741. The first-order chi connectivity index (χ1) is 6.62. The Bertz CT molecular complexity index is 343. The minimum Gasteiger partial charge on any atom is -0.383 e. The van der Waals surface area contributed by atoms with Crippen molar-refractivity contribution in [1.29, 1.82) is 0 Å². The number of hydrogen-bond acceptors (Lipinski definition) is 2. The third kappa shape index (κ3) is 1.53. The third-order valence-electron chi connectivity index (χ3n) is 2.70. The van der Waals surface area contributed by atoms with Crippen LogP contribution in [0.25, 0.3) is 0 Å². The highest BCUT2D eigenvalue weighted by molar-refractivity contribution is 5.29. The summed E-state index contributed by atoms with van der Waals surface area (Å²) < 4.78 is 18.1. The maximum absolute atomic E-state index is 13.0. The molecule has 0 spiro atoms. The van der Waals surface area contributed by atoms with Crippen LogP contribution in [0.4, 0.5) is 4.39 Å². The number of halogens is 1. The molecule has 14 heavy (non-hydrogen) atoms. The molecule has 2 nitrogen and oxygen atoms in total. The second kappa shape index (κ2) is 3.33. The van der Waals surface area contributed by atoms with Crippen LogP contribution in [0.5, 0.6) is 0 Å². The summed E-state index contributed by atoms with van der Waals surface area (Å²) in [6.07, 6.45) is 0.581. The molecule has 1 saturated heterocycles. The van der Waals surface area contributed by atoms with Crippen LogP contribution < -0.4 is 0 Å². The second-order valence-electron chi connectivity index (χ2n) is 3.80. The monoisotopic (exact) mass is 196 g/mol. The standard InChI is InChI=1S/C11H13FO2/c1-8-6-9(2-3-10(8)12)11(13)4-5-14-7-11/h2-3,6,13H,4-5,7H2,1H3. The maximum atomic E-state index is 13.0. The van der Waals surface area contributed by atoms with Crippen LogP contribution in [0.1, 0.15) is 17.5 Å². The zero-order valence-corrected chi connectivity index (χ0v) is 8.09. The molecular formula is C11H13FO2. The zero-order valence-electron chi connectivity index (χ0n) is 8.09. The minimum atomic E-state index is -0.918. The van der Waals surface area contributed by atoms with Crippen molar-refractivity contribution in [2.24, 2.45) is 0 Å². The molecule has 0 bridgehead atoms. The van der Waals surface area contributed by atoms with Crippen molar-refractivity contribution in [2.45, 2.75) is 18.9 Å². The summed E-state index contributed by atoms with van der Waals surface area (Å²) in [5.41, 5.74) is 0.384. The molecule has 0 aliphatic carbocycles. The van der Waals surface area contributed by atoms with E-state index >= 15 is 0 Å². The van der Waals surface area contributed by atoms with Gasteiger partial charge in [-0.2, -0.15) is 0 Å². The van der Waals surface area contributed by atoms with E-state index in [0.717, 1.165) is 5.56 Å². The van der Waals surface area contributed by atoms with Gasteiger partial charge in [-0.25, -0.2) is 4.39 Å². The molecule has 2 rings (SSSR count). The molecule has 1 aliphatic heterocycles. The van der Waals surface area contributed by atoms with Gasteiger partial charge in [0.05, 0.1) is 6.61 Å². The van der Waals surface area contributed by atoms with E-state index in [1.807, 2.05) is 0 Å². The molecule has 76 valence electrons. The number of hydrogen-bond donors (Lipinski definition) is 1. The van der Waals surface area contributed by atoms with Gasteiger partial charge in [-0.1, -0.05) is 12.1 Å². The summed E-state index contributed by atoms with van der Waals surface area (Å²) in [5.74, 6) is -0.240. The van der Waals surface area contributed by atoms with E-state index in [0.29, 0.717) is 25.2 Å². The fourth-order valence-corrected chi connectivity index (χ4v) is 1.72. The molecule has 1 fully saturated rings. The van der Waals surface area contributed by atoms with Gasteiger partial charge in [0.15, 0.2) is 0 Å². The first kappa shape index (κ1) is 9.62. The Morgan fingerprint density at radius 1 is 1.50 bits per heavy atom. The van der Waals surface area contributed by atoms with Gasteiger partial charge in [-0.05, 0) is 24.1 Å². The fraction of sp³-hybridized carbons (Fsp3) is 0.455. The van der Waals surface area contributed by atoms with Crippen LogP contribution in [-0.4, -0.2) is 18.3 Å². The van der Waals surface area contributed by atoms with Crippen LogP contribution in [0.2, 0.25) is 0 Å². The molecule has 1 aromatic carbocycles. The highest BCUT2D eigenvalue weighted by Crippen LogP contribution is 2.30. The summed E-state index contributed by atoms with van der Waals surface area (Å²) in [7, 11) is 0. The van der Waals surface area contributed by atoms with E-state index in [-0.39, 0.29) is 5.82 Å². The van der Waals surface area contributed by atoms with Crippen LogP contribution in [0.3, 0.4) is 0 Å². The molecule has 1 unspecified atom stereocenters. The zero-order chi connectivity index (χ0) is 10.2. The van der Waals surface area contributed by atoms with Crippen LogP contribution >= 0.6 is 0 Å². The van der Waals surface area contributed by atoms with Crippen molar-refractivity contribution in [3.8, 4) is 0 Å². The summed E-state index contributed by atoms with van der Waals surface area (Å²) in [5, 5.41) is 10.1. The maximum Gasteiger partial charge on any atom is 0.126 e. The fourth-order valence-electron chi connectivity index (χ4n) is 1.72. The predicted molar refractivity (Wildman–Crippen MR) is 50.5 cm³/mol. The van der Waals surface area contributed by atoms with Crippen molar-refractivity contribution in [1.82, 2.24) is 0 Å². The molecule has 1 N–H and O–H groups in total. The van der Waals surface area contributed by atoms with Gasteiger partial charge >= 0.3 is 0 Å². The van der Waals surface area contributed by atoms with E-state index in [9.17, 15) is 9.50 Å². The molecule has 0 radical (unpaired) electrons. The van der Waals surface area contributed by atoms with E-state index in [1.165, 1.54) is 6.07 Å². The van der Waals surface area contributed by atoms with Gasteiger partial charge in [0, 0.05) is 13.0 Å². The largest absolute Gasteiger partial charge is 0.383 e. The van der Waals surface area contributed by atoms with Gasteiger partial charge in [-0.3, -0.25) is 0 Å². The summed E-state index contributed by atoms with van der Waals surface area (Å²) >= 11 is 0. The van der Waals surface area contributed by atoms with Crippen LogP contribution in [0, 0.1) is 12.7 Å². The van der Waals surface area contributed by atoms with E-state index in [1.54, 1.807) is 19.1 Å². The molecular weight excluding hydrogens is 183 g/mol. The Morgan fingerprint density at radius 3 is 2.86 bits per heavy atom. The van der Waals surface area contributed by atoms with E-state index in [4.69, 9.17) is 4.74 Å². The average molecular weight is 196 g/mol. The molecule has 0 saturated carbocycles. The first-order valence-corrected chi connectivity index (χ1v) is 4.69. The molecule has 0 aromatic heterocycles. The highest BCUT2D eigenvalue weighted by Gasteiger charge is 2.34. The number of aryl methyl sites for hydroxylation is 1. The molecule has 0 amide bonds. The lowest BCUT2D eigenvalue weighted by atomic mass is 9.92. The van der Waals surface area contributed by atoms with Crippen molar-refractivity contribution in [2.75, 3.05) is 13.2 Å². The molecule has 1 aromatic rings. The van der Waals surface area contributed by atoms with E-state index in [2.05, 4.69) is 0 Å². The Kier molecular flexibility index (Phi) is 2.29. The van der Waals surface area contributed by atoms with E-state index < -0.39 is 5.60 Å². The second-order valence-corrected chi connectivity index (χ2v) is 3.80. The number of aliphatic hydroxyl groups is 1. The summed E-state index contributed by atoms with van der Waals surface area (Å²) in [6.45, 7) is 2.56. The Hall–Kier alpha value is -0.930. The molecule has 1 heterocycles. The minimum absolute atomic E-state index is 0.240. The van der Waals surface area contributed by atoms with Crippen molar-refractivity contribution >= 4 is 0 Å². The van der Waals surface area contributed by atoms with Crippen molar-refractivity contribution in [3.63, 3.8) is 0 Å². The number of rotatable bonds is 1. The topological polar surface area (TPSA) is 29.5 Å². The smallest absolute Gasteiger partial charge is 0.126 e. The van der Waals surface area contributed by atoms with Crippen molar-refractivity contribution in [3.05, 3.63) is 35.1 Å². The first-order valence-electron chi connectivity index (χ1n) is 4.69. The third-order valence-corrected chi connectivity index (χ3v) is 2.70. The highest BCUT2D eigenvalue weighted by atomic mass is 19.1. The van der Waals surface area contributed by atoms with Crippen LogP contribution in [-0.2, 0) is 10.3 Å². The van der Waals surface area contributed by atoms with Crippen LogP contribution in [0.15, 0.2) is 18.2 Å². The van der Waals surface area contributed by atoms with Gasteiger partial charge in [0.25, 0.3) is 0 Å². The number of ether oxygens (including phenoxy) is 1. The Balaban J connectivity index is 2.36. The lowest BCUT2D eigenvalue weighted by Gasteiger charge is -2.21. The van der Waals surface area contributed by atoms with Gasteiger partial charge in [-0.15, -0.1) is 0 Å². The lowest BCUT2D eigenvalue weighted by Crippen LogP contribution is -2.25. The van der Waals surface area contributed by atoms with Gasteiger partial charge in [0.1, 0.15) is 11.4 Å². The Labute approximate surface area is 82.3 Å². The molecule has 1 aliphatic rings. The van der Waals surface area contributed by atoms with Crippen molar-refractivity contribution < 1.29 is 14.2 Å². The predicted octanol–water partition coefficient (Wildman–Crippen LogP) is 1.74. The summed E-state index contributed by atoms with van der Waals surface area (Å²) in [4.78, 5) is 0. The average Bonchev–Trinajstić information content (AvgIpc) is 2.58. The summed E-state index contributed by atoms with van der Waals surface area (Å²) in [6, 6.07) is 4.70. The number of benzene rings is 1. The lowest BCUT2D eigenvalue weighted by molar-refractivity contribution is 0.0231. The SMILES string of the molecule is Cc1cc(C2(O)CCOC2)ccc1F.